The molecule has 0 spiro atoms. The fourth-order valence-corrected chi connectivity index (χ4v) is 3.21. The summed E-state index contributed by atoms with van der Waals surface area (Å²) in [5.74, 6) is -0.263. The highest BCUT2D eigenvalue weighted by Crippen LogP contribution is 2.21. The van der Waals surface area contributed by atoms with Gasteiger partial charge in [0.25, 0.3) is 5.56 Å². The quantitative estimate of drug-likeness (QED) is 0.464. The number of ether oxygens (including phenoxy) is 2. The lowest BCUT2D eigenvalue weighted by atomic mass is 10.1. The number of hydrogen-bond acceptors (Lipinski definition) is 6. The Labute approximate surface area is 173 Å². The molecule has 0 aliphatic heterocycles. The Kier molecular flexibility index (Phi) is 5.13. The molecule has 0 saturated heterocycles. The van der Waals surface area contributed by atoms with Gasteiger partial charge in [0.2, 0.25) is 5.88 Å². The number of halogens is 1. The number of nitrogens with zero attached hydrogens (tertiary/aromatic N) is 3. The van der Waals surface area contributed by atoms with Gasteiger partial charge in [0, 0.05) is 28.4 Å². The van der Waals surface area contributed by atoms with E-state index in [0.717, 1.165) is 10.0 Å². The topological polar surface area (TPSA) is 98.6 Å². The molecule has 1 N–H and O–H groups in total. The van der Waals surface area contributed by atoms with E-state index in [4.69, 9.17) is 9.47 Å². The van der Waals surface area contributed by atoms with E-state index < -0.39 is 5.97 Å². The molecule has 146 valence electrons. The number of aromatic amines is 1. The van der Waals surface area contributed by atoms with Gasteiger partial charge < -0.3 is 9.47 Å². The first-order valence-electron chi connectivity index (χ1n) is 8.59. The van der Waals surface area contributed by atoms with Gasteiger partial charge in [-0.2, -0.15) is 0 Å². The predicted octanol–water partition coefficient (Wildman–Crippen LogP) is 3.21. The summed E-state index contributed by atoms with van der Waals surface area (Å²) in [5.41, 5.74) is 2.05. The van der Waals surface area contributed by atoms with Crippen molar-refractivity contribution in [1.29, 1.82) is 0 Å². The Morgan fingerprint density at radius 1 is 1.21 bits per heavy atom. The molecule has 0 aliphatic rings. The molecular weight excluding hydrogens is 440 g/mol. The van der Waals surface area contributed by atoms with Crippen LogP contribution in [0.25, 0.3) is 16.9 Å². The Bertz CT molecular complexity index is 1250. The van der Waals surface area contributed by atoms with Gasteiger partial charge in [0.15, 0.2) is 5.65 Å². The van der Waals surface area contributed by atoms with E-state index in [0.29, 0.717) is 22.8 Å². The highest BCUT2D eigenvalue weighted by Gasteiger charge is 2.16. The van der Waals surface area contributed by atoms with E-state index in [1.807, 2.05) is 30.3 Å². The second-order valence-electron chi connectivity index (χ2n) is 6.11. The molecule has 0 aliphatic carbocycles. The molecular formula is C20H15BrN4O4. The van der Waals surface area contributed by atoms with Gasteiger partial charge in [-0.3, -0.25) is 9.89 Å². The van der Waals surface area contributed by atoms with Crippen LogP contribution < -0.4 is 10.3 Å². The van der Waals surface area contributed by atoms with E-state index in [2.05, 4.69) is 31.0 Å². The summed E-state index contributed by atoms with van der Waals surface area (Å²) in [6.45, 7) is -0.0403. The van der Waals surface area contributed by atoms with Crippen LogP contribution in [0, 0.1) is 0 Å². The molecule has 0 fully saturated rings. The summed E-state index contributed by atoms with van der Waals surface area (Å²) in [4.78, 5) is 33.5. The smallest absolute Gasteiger partial charge is 0.356 e. The molecule has 0 amide bonds. The summed E-state index contributed by atoms with van der Waals surface area (Å²) in [7, 11) is 1.49. The molecule has 4 rings (SSSR count). The summed E-state index contributed by atoms with van der Waals surface area (Å²) in [6, 6.07) is 14.0. The molecule has 0 bridgehead atoms. The number of pyridine rings is 1. The van der Waals surface area contributed by atoms with Gasteiger partial charge in [-0.1, -0.05) is 30.3 Å². The van der Waals surface area contributed by atoms with Crippen LogP contribution in [0.1, 0.15) is 16.1 Å². The fourth-order valence-electron chi connectivity index (χ4n) is 2.83. The molecule has 1 aromatic carbocycles. The molecule has 8 nitrogen and oxygen atoms in total. The Morgan fingerprint density at radius 3 is 2.76 bits per heavy atom. The van der Waals surface area contributed by atoms with E-state index >= 15 is 0 Å². The van der Waals surface area contributed by atoms with Crippen molar-refractivity contribution < 1.29 is 14.3 Å². The van der Waals surface area contributed by atoms with Gasteiger partial charge in [-0.15, -0.1) is 0 Å². The zero-order valence-electron chi connectivity index (χ0n) is 15.3. The predicted molar refractivity (Wildman–Crippen MR) is 109 cm³/mol. The Hall–Kier alpha value is -3.46. The Balaban J connectivity index is 1.60. The van der Waals surface area contributed by atoms with Crippen molar-refractivity contribution in [2.24, 2.45) is 0 Å². The first kappa shape index (κ1) is 18.9. The summed E-state index contributed by atoms with van der Waals surface area (Å²) in [6.07, 6.45) is 1.59. The molecule has 0 unspecified atom stereocenters. The minimum absolute atomic E-state index is 0.0403. The van der Waals surface area contributed by atoms with Crippen molar-refractivity contribution in [2.75, 3.05) is 7.11 Å². The first-order valence-corrected chi connectivity index (χ1v) is 9.38. The molecule has 0 saturated carbocycles. The van der Waals surface area contributed by atoms with Crippen molar-refractivity contribution in [3.8, 4) is 17.1 Å². The Morgan fingerprint density at radius 2 is 2.00 bits per heavy atom. The molecule has 4 aromatic rings. The maximum atomic E-state index is 12.5. The first-order chi connectivity index (χ1) is 14.0. The third-order valence-electron chi connectivity index (χ3n) is 4.18. The maximum absolute atomic E-state index is 12.5. The number of methoxy groups -OCH3 is 1. The molecule has 3 heterocycles. The lowest BCUT2D eigenvalue weighted by Gasteiger charge is -2.08. The van der Waals surface area contributed by atoms with Crippen LogP contribution in [0.4, 0.5) is 0 Å². The molecule has 0 atom stereocenters. The lowest BCUT2D eigenvalue weighted by Crippen LogP contribution is -2.15. The van der Waals surface area contributed by atoms with Crippen molar-refractivity contribution in [3.05, 3.63) is 80.8 Å². The minimum atomic E-state index is -0.627. The lowest BCUT2D eigenvalue weighted by molar-refractivity contribution is 0.0462. The molecule has 0 radical (unpaired) electrons. The number of carbonyl (C=O) groups is 1. The number of carbonyl (C=O) groups excluding carboxylic acids is 1. The van der Waals surface area contributed by atoms with Crippen LogP contribution in [0.15, 0.2) is 64.0 Å². The average molecular weight is 455 g/mol. The van der Waals surface area contributed by atoms with Crippen LogP contribution in [0.3, 0.4) is 0 Å². The van der Waals surface area contributed by atoms with Gasteiger partial charge in [-0.05, 0) is 22.0 Å². The van der Waals surface area contributed by atoms with Crippen molar-refractivity contribution in [3.63, 3.8) is 0 Å². The van der Waals surface area contributed by atoms with E-state index in [1.54, 1.807) is 12.3 Å². The summed E-state index contributed by atoms with van der Waals surface area (Å²) >= 11 is 3.32. The number of fused-ring (bicyclic) bond motifs is 1. The van der Waals surface area contributed by atoms with Gasteiger partial charge in [0.1, 0.15) is 12.3 Å². The molecule has 29 heavy (non-hydrogen) atoms. The highest BCUT2D eigenvalue weighted by atomic mass is 79.9. The van der Waals surface area contributed by atoms with Gasteiger partial charge in [-0.25, -0.2) is 19.3 Å². The van der Waals surface area contributed by atoms with E-state index in [-0.39, 0.29) is 17.9 Å². The van der Waals surface area contributed by atoms with Crippen LogP contribution in [0.2, 0.25) is 0 Å². The number of nitrogens with one attached hydrogen (secondary N) is 1. The van der Waals surface area contributed by atoms with Crippen LogP contribution in [0.5, 0.6) is 5.88 Å². The second kappa shape index (κ2) is 7.88. The second-order valence-corrected chi connectivity index (χ2v) is 7.02. The monoisotopic (exact) mass is 454 g/mol. The fraction of sp³-hybridized carbons (Fsp3) is 0.100. The van der Waals surface area contributed by atoms with Crippen molar-refractivity contribution >= 4 is 27.5 Å². The summed E-state index contributed by atoms with van der Waals surface area (Å²) < 4.78 is 12.4. The third kappa shape index (κ3) is 3.90. The van der Waals surface area contributed by atoms with E-state index in [9.17, 15) is 9.59 Å². The highest BCUT2D eigenvalue weighted by molar-refractivity contribution is 9.10. The van der Waals surface area contributed by atoms with Crippen molar-refractivity contribution in [2.45, 2.75) is 6.61 Å². The van der Waals surface area contributed by atoms with Crippen LogP contribution in [-0.2, 0) is 11.3 Å². The van der Waals surface area contributed by atoms with Gasteiger partial charge >= 0.3 is 5.97 Å². The molecule has 3 aromatic heterocycles. The number of esters is 1. The normalized spacial score (nSPS) is 10.8. The number of rotatable bonds is 5. The largest absolute Gasteiger partial charge is 0.481 e. The van der Waals surface area contributed by atoms with Crippen LogP contribution in [-0.4, -0.2) is 32.7 Å². The number of benzene rings is 1. The maximum Gasteiger partial charge on any atom is 0.356 e. The van der Waals surface area contributed by atoms with Crippen molar-refractivity contribution in [1.82, 2.24) is 19.6 Å². The molecule has 9 heteroatoms. The zero-order chi connectivity index (χ0) is 20.4. The zero-order valence-corrected chi connectivity index (χ0v) is 16.8. The standard InChI is InChI=1S/C20H15BrN4O4/c1-28-19-13(7-14(21)10-22-19)11-29-20(27)16-8-17-23-15(9-18(26)25(17)24-16)12-5-3-2-4-6-12/h2-10,24H,11H2,1H3. The van der Waals surface area contributed by atoms with Crippen LogP contribution >= 0.6 is 15.9 Å². The van der Waals surface area contributed by atoms with Gasteiger partial charge in [0.05, 0.1) is 18.4 Å². The third-order valence-corrected chi connectivity index (χ3v) is 4.62. The summed E-state index contributed by atoms with van der Waals surface area (Å²) in [5, 5.41) is 2.73. The average Bonchev–Trinajstić information content (AvgIpc) is 3.18. The number of hydrogen-bond donors (Lipinski definition) is 1. The SMILES string of the molecule is COc1ncc(Br)cc1COC(=O)c1cc2nc(-c3ccccc3)cc(=O)n2[nH]1. The minimum Gasteiger partial charge on any atom is -0.481 e. The number of H-pyrrole nitrogens is 1. The number of aromatic nitrogens is 4. The van der Waals surface area contributed by atoms with E-state index in [1.165, 1.54) is 23.8 Å².